The summed E-state index contributed by atoms with van der Waals surface area (Å²) in [7, 11) is 0. The first-order valence-electron chi connectivity index (χ1n) is 8.58. The van der Waals surface area contributed by atoms with Crippen molar-refractivity contribution in [1.29, 1.82) is 0 Å². The summed E-state index contributed by atoms with van der Waals surface area (Å²) < 4.78 is 1.82. The second-order valence-electron chi connectivity index (χ2n) is 6.39. The zero-order valence-electron chi connectivity index (χ0n) is 14.1. The average Bonchev–Trinajstić information content (AvgIpc) is 3.09. The van der Waals surface area contributed by atoms with Gasteiger partial charge in [0.25, 0.3) is 5.56 Å². The Bertz CT molecular complexity index is 912. The summed E-state index contributed by atoms with van der Waals surface area (Å²) >= 11 is 0. The van der Waals surface area contributed by atoms with Crippen LogP contribution in [0, 0.1) is 6.92 Å². The summed E-state index contributed by atoms with van der Waals surface area (Å²) in [6.45, 7) is 3.70. The molecule has 25 heavy (non-hydrogen) atoms. The number of anilines is 2. The molecule has 3 aromatic rings. The molecule has 3 aromatic heterocycles. The third-order valence-electron chi connectivity index (χ3n) is 4.59. The average molecular weight is 339 g/mol. The first-order chi connectivity index (χ1) is 12.2. The first kappa shape index (κ1) is 15.6. The van der Waals surface area contributed by atoms with Gasteiger partial charge < -0.3 is 10.2 Å². The van der Waals surface area contributed by atoms with Gasteiger partial charge in [0.2, 0.25) is 0 Å². The van der Waals surface area contributed by atoms with E-state index in [-0.39, 0.29) is 5.56 Å². The van der Waals surface area contributed by atoms with E-state index in [9.17, 15) is 4.79 Å². The van der Waals surface area contributed by atoms with Crippen molar-refractivity contribution in [2.75, 3.05) is 23.3 Å². The van der Waals surface area contributed by atoms with Gasteiger partial charge in [-0.3, -0.25) is 4.79 Å². The van der Waals surface area contributed by atoms with Gasteiger partial charge in [-0.2, -0.15) is 14.7 Å². The number of nitrogens with one attached hydrogen (secondary N) is 2. The number of piperidine rings is 1. The Balaban J connectivity index is 1.54. The monoisotopic (exact) mass is 339 g/mol. The molecular weight excluding hydrogens is 318 g/mol. The molecule has 4 rings (SSSR count). The van der Waals surface area contributed by atoms with Crippen LogP contribution >= 0.6 is 0 Å². The Morgan fingerprint density at radius 2 is 2.24 bits per heavy atom. The highest BCUT2D eigenvalue weighted by atomic mass is 16.1. The van der Waals surface area contributed by atoms with Crippen molar-refractivity contribution in [2.24, 2.45) is 0 Å². The van der Waals surface area contributed by atoms with Gasteiger partial charge in [-0.15, -0.1) is 0 Å². The fourth-order valence-corrected chi connectivity index (χ4v) is 3.40. The number of rotatable bonds is 4. The fraction of sp³-hybridized carbons (Fsp3) is 0.412. The topological polar surface area (TPSA) is 91.2 Å². The fourth-order valence-electron chi connectivity index (χ4n) is 3.40. The van der Waals surface area contributed by atoms with Crippen LogP contribution in [0.3, 0.4) is 0 Å². The molecule has 130 valence electrons. The van der Waals surface area contributed by atoms with Crippen LogP contribution in [0.25, 0.3) is 5.65 Å². The summed E-state index contributed by atoms with van der Waals surface area (Å²) in [6.07, 6.45) is 5.16. The predicted octanol–water partition coefficient (Wildman–Crippen LogP) is 1.59. The molecule has 1 atom stereocenters. The van der Waals surface area contributed by atoms with Crippen LogP contribution in [0.5, 0.6) is 0 Å². The second-order valence-corrected chi connectivity index (χ2v) is 6.39. The van der Waals surface area contributed by atoms with Gasteiger partial charge in [0.15, 0.2) is 5.65 Å². The minimum Gasteiger partial charge on any atom is -0.368 e. The number of nitrogens with zero attached hydrogens (tertiary/aromatic N) is 5. The quantitative estimate of drug-likeness (QED) is 0.750. The number of aromatic amines is 1. The van der Waals surface area contributed by atoms with E-state index in [0.717, 1.165) is 48.9 Å². The molecule has 4 heterocycles. The van der Waals surface area contributed by atoms with E-state index in [0.29, 0.717) is 6.04 Å². The molecule has 0 amide bonds. The van der Waals surface area contributed by atoms with E-state index >= 15 is 0 Å². The number of aromatic nitrogens is 5. The highest BCUT2D eigenvalue weighted by Crippen LogP contribution is 2.23. The molecule has 1 fully saturated rings. The molecule has 1 aliphatic heterocycles. The zero-order chi connectivity index (χ0) is 17.2. The third kappa shape index (κ3) is 3.19. The van der Waals surface area contributed by atoms with Crippen molar-refractivity contribution >= 4 is 17.3 Å². The lowest BCUT2D eigenvalue weighted by Crippen LogP contribution is -2.44. The van der Waals surface area contributed by atoms with Gasteiger partial charge in [0.05, 0.1) is 6.20 Å². The van der Waals surface area contributed by atoms with Crippen molar-refractivity contribution in [3.63, 3.8) is 0 Å². The van der Waals surface area contributed by atoms with Gasteiger partial charge in [-0.05, 0) is 32.3 Å². The summed E-state index contributed by atoms with van der Waals surface area (Å²) in [5.41, 5.74) is 1.62. The number of fused-ring (bicyclic) bond motifs is 1. The Hall–Kier alpha value is -2.90. The third-order valence-corrected chi connectivity index (χ3v) is 4.59. The second kappa shape index (κ2) is 6.54. The maximum absolute atomic E-state index is 11.3. The van der Waals surface area contributed by atoms with Crippen molar-refractivity contribution in [3.05, 3.63) is 46.5 Å². The maximum atomic E-state index is 11.3. The molecule has 0 saturated carbocycles. The molecule has 0 bridgehead atoms. The highest BCUT2D eigenvalue weighted by molar-refractivity contribution is 5.49. The molecule has 2 N–H and O–H groups in total. The van der Waals surface area contributed by atoms with Gasteiger partial charge in [-0.1, -0.05) is 0 Å². The lowest BCUT2D eigenvalue weighted by molar-refractivity contribution is 0.467. The molecule has 1 aliphatic rings. The maximum Gasteiger partial charge on any atom is 0.264 e. The zero-order valence-corrected chi connectivity index (χ0v) is 14.1. The summed E-state index contributed by atoms with van der Waals surface area (Å²) in [4.78, 5) is 18.0. The summed E-state index contributed by atoms with van der Waals surface area (Å²) in [5, 5.41) is 14.6. The molecule has 8 heteroatoms. The van der Waals surface area contributed by atoms with Gasteiger partial charge >= 0.3 is 0 Å². The number of hydrogen-bond acceptors (Lipinski definition) is 6. The Morgan fingerprint density at radius 3 is 3.08 bits per heavy atom. The SMILES string of the molecule is Cc1cc(NCC2CCCCN2c2ccc(=O)[nH]n2)n2nccc2n1. The standard InChI is InChI=1S/C17H21N7O/c1-12-10-16(24-14(20-12)7-8-19-24)18-11-13-4-2-3-9-23(13)15-5-6-17(25)22-21-15/h5-8,10,13,18H,2-4,9,11H2,1H3,(H,22,25). The van der Waals surface area contributed by atoms with Crippen molar-refractivity contribution in [3.8, 4) is 0 Å². The number of aryl methyl sites for hydroxylation is 1. The van der Waals surface area contributed by atoms with E-state index < -0.39 is 0 Å². The lowest BCUT2D eigenvalue weighted by Gasteiger charge is -2.36. The molecule has 0 aliphatic carbocycles. The molecule has 0 aromatic carbocycles. The summed E-state index contributed by atoms with van der Waals surface area (Å²) in [6, 6.07) is 7.53. The number of hydrogen-bond donors (Lipinski definition) is 2. The van der Waals surface area contributed by atoms with E-state index in [1.165, 1.54) is 12.5 Å². The Labute approximate surface area is 144 Å². The largest absolute Gasteiger partial charge is 0.368 e. The normalized spacial score (nSPS) is 17.8. The Morgan fingerprint density at radius 1 is 1.32 bits per heavy atom. The molecule has 0 radical (unpaired) electrons. The van der Waals surface area contributed by atoms with E-state index in [1.807, 2.05) is 23.6 Å². The van der Waals surface area contributed by atoms with Crippen LogP contribution in [0.1, 0.15) is 25.0 Å². The predicted molar refractivity (Wildman–Crippen MR) is 96.1 cm³/mol. The highest BCUT2D eigenvalue weighted by Gasteiger charge is 2.24. The van der Waals surface area contributed by atoms with Crippen LogP contribution in [-0.2, 0) is 0 Å². The smallest absolute Gasteiger partial charge is 0.264 e. The lowest BCUT2D eigenvalue weighted by atomic mass is 10.0. The van der Waals surface area contributed by atoms with Crippen LogP contribution in [-0.4, -0.2) is 43.9 Å². The molecule has 1 unspecified atom stereocenters. The van der Waals surface area contributed by atoms with E-state index in [2.05, 4.69) is 30.5 Å². The molecule has 8 nitrogen and oxygen atoms in total. The van der Waals surface area contributed by atoms with Crippen molar-refractivity contribution in [1.82, 2.24) is 24.8 Å². The first-order valence-corrected chi connectivity index (χ1v) is 8.58. The summed E-state index contributed by atoms with van der Waals surface area (Å²) in [5.74, 6) is 1.76. The Kier molecular flexibility index (Phi) is 4.09. The van der Waals surface area contributed by atoms with Crippen molar-refractivity contribution < 1.29 is 0 Å². The van der Waals surface area contributed by atoms with Gasteiger partial charge in [0, 0.05) is 43.0 Å². The van der Waals surface area contributed by atoms with Crippen LogP contribution in [0.15, 0.2) is 35.3 Å². The van der Waals surface area contributed by atoms with Crippen molar-refractivity contribution in [2.45, 2.75) is 32.2 Å². The van der Waals surface area contributed by atoms with Gasteiger partial charge in [0.1, 0.15) is 11.6 Å². The molecule has 1 saturated heterocycles. The minimum absolute atomic E-state index is 0.177. The van der Waals surface area contributed by atoms with Crippen LogP contribution in [0.4, 0.5) is 11.6 Å². The minimum atomic E-state index is -0.177. The molecule has 0 spiro atoms. The van der Waals surface area contributed by atoms with E-state index in [4.69, 9.17) is 0 Å². The van der Waals surface area contributed by atoms with Gasteiger partial charge in [-0.25, -0.2) is 10.1 Å². The van der Waals surface area contributed by atoms with Crippen LogP contribution < -0.4 is 15.8 Å². The molecular formula is C17H21N7O. The van der Waals surface area contributed by atoms with E-state index in [1.54, 1.807) is 12.3 Å². The van der Waals surface area contributed by atoms with Crippen LogP contribution in [0.2, 0.25) is 0 Å². The number of H-pyrrole nitrogens is 1.